The molecule has 0 fully saturated rings. The quantitative estimate of drug-likeness (QED) is 0.371. The van der Waals surface area contributed by atoms with Crippen molar-refractivity contribution in [2.75, 3.05) is 7.11 Å². The van der Waals surface area contributed by atoms with Crippen LogP contribution in [0.2, 0.25) is 0 Å². The van der Waals surface area contributed by atoms with Crippen molar-refractivity contribution in [3.63, 3.8) is 0 Å². The first-order valence-electron chi connectivity index (χ1n) is 9.42. The predicted molar refractivity (Wildman–Crippen MR) is 111 cm³/mol. The topological polar surface area (TPSA) is 23.4 Å². The highest BCUT2D eigenvalue weighted by Gasteiger charge is 2.32. The van der Waals surface area contributed by atoms with Crippen molar-refractivity contribution in [1.29, 1.82) is 0 Å². The van der Waals surface area contributed by atoms with Crippen LogP contribution in [0.15, 0.2) is 72.9 Å². The van der Waals surface area contributed by atoms with Crippen molar-refractivity contribution >= 4 is 10.9 Å². The molecule has 154 valence electrons. The molecule has 1 heterocycles. The van der Waals surface area contributed by atoms with Crippen LogP contribution in [-0.4, -0.2) is 18.0 Å². The van der Waals surface area contributed by atoms with Crippen molar-refractivity contribution in [1.82, 2.24) is 4.57 Å². The molecule has 4 aromatic rings. The maximum atomic E-state index is 13.1. The zero-order chi connectivity index (χ0) is 21.3. The lowest BCUT2D eigenvalue weighted by Crippen LogP contribution is -2.19. The van der Waals surface area contributed by atoms with Gasteiger partial charge in [-0.15, -0.1) is 13.2 Å². The van der Waals surface area contributed by atoms with E-state index in [1.807, 2.05) is 72.3 Å². The lowest BCUT2D eigenvalue weighted by molar-refractivity contribution is -0.274. The minimum atomic E-state index is -4.77. The SMILES string of the molecule is COc1ccc2ccn(Cc3c(OC(F)(F)F)ccc(-c4ccccc4)c3C)c2c1. The van der Waals surface area contributed by atoms with Crippen LogP contribution in [0, 0.1) is 6.92 Å². The van der Waals surface area contributed by atoms with Gasteiger partial charge in [-0.25, -0.2) is 0 Å². The van der Waals surface area contributed by atoms with Crippen LogP contribution in [0.25, 0.3) is 22.0 Å². The average molecular weight is 411 g/mol. The molecule has 3 nitrogen and oxygen atoms in total. The minimum absolute atomic E-state index is 0.190. The van der Waals surface area contributed by atoms with E-state index in [1.54, 1.807) is 13.2 Å². The van der Waals surface area contributed by atoms with Crippen molar-refractivity contribution in [2.45, 2.75) is 19.8 Å². The molecule has 0 radical (unpaired) electrons. The van der Waals surface area contributed by atoms with E-state index >= 15 is 0 Å². The number of halogens is 3. The van der Waals surface area contributed by atoms with Gasteiger partial charge in [0.05, 0.1) is 19.2 Å². The second-order valence-corrected chi connectivity index (χ2v) is 7.00. The van der Waals surface area contributed by atoms with Crippen LogP contribution in [0.5, 0.6) is 11.5 Å². The zero-order valence-electron chi connectivity index (χ0n) is 16.5. The van der Waals surface area contributed by atoms with Gasteiger partial charge in [0.25, 0.3) is 0 Å². The number of ether oxygens (including phenoxy) is 2. The summed E-state index contributed by atoms with van der Waals surface area (Å²) in [7, 11) is 1.58. The van der Waals surface area contributed by atoms with Crippen LogP contribution >= 0.6 is 0 Å². The Morgan fingerprint density at radius 1 is 0.933 bits per heavy atom. The first kappa shape index (κ1) is 19.9. The summed E-state index contributed by atoms with van der Waals surface area (Å²) in [5, 5.41) is 0.978. The van der Waals surface area contributed by atoms with Crippen LogP contribution in [0.4, 0.5) is 13.2 Å². The second-order valence-electron chi connectivity index (χ2n) is 7.00. The first-order chi connectivity index (χ1) is 14.4. The Kier molecular flexibility index (Phi) is 5.16. The second kappa shape index (κ2) is 7.78. The third kappa shape index (κ3) is 3.99. The molecule has 30 heavy (non-hydrogen) atoms. The molecule has 0 aliphatic rings. The summed E-state index contributed by atoms with van der Waals surface area (Å²) in [6, 6.07) is 20.2. The van der Waals surface area contributed by atoms with E-state index in [-0.39, 0.29) is 12.3 Å². The molecule has 1 aromatic heterocycles. The molecule has 4 rings (SSSR count). The highest BCUT2D eigenvalue weighted by molar-refractivity contribution is 5.82. The van der Waals surface area contributed by atoms with Gasteiger partial charge in [-0.05, 0) is 53.3 Å². The molecule has 0 atom stereocenters. The summed E-state index contributed by atoms with van der Waals surface area (Å²) in [6.45, 7) is 2.06. The number of methoxy groups -OCH3 is 1. The number of aromatic nitrogens is 1. The highest BCUT2D eigenvalue weighted by Crippen LogP contribution is 2.36. The fourth-order valence-electron chi connectivity index (χ4n) is 3.68. The Labute approximate surface area is 172 Å². The minimum Gasteiger partial charge on any atom is -0.497 e. The number of hydrogen-bond acceptors (Lipinski definition) is 2. The standard InChI is InChI=1S/C24H20F3NO2/c1-16-20(17-6-4-3-5-7-17)10-11-23(30-24(25,26)27)21(16)15-28-13-12-18-8-9-19(29-2)14-22(18)28/h3-14H,15H2,1-2H3. The van der Waals surface area contributed by atoms with E-state index in [9.17, 15) is 13.2 Å². The van der Waals surface area contributed by atoms with Gasteiger partial charge in [-0.1, -0.05) is 36.4 Å². The van der Waals surface area contributed by atoms with Crippen molar-refractivity contribution in [2.24, 2.45) is 0 Å². The Morgan fingerprint density at radius 2 is 1.70 bits per heavy atom. The smallest absolute Gasteiger partial charge is 0.497 e. The van der Waals surface area contributed by atoms with Gasteiger partial charge in [0, 0.05) is 17.8 Å². The van der Waals surface area contributed by atoms with E-state index in [0.717, 1.165) is 27.6 Å². The maximum Gasteiger partial charge on any atom is 0.573 e. The molecule has 0 unspecified atom stereocenters. The van der Waals surface area contributed by atoms with Crippen LogP contribution in [0.1, 0.15) is 11.1 Å². The van der Waals surface area contributed by atoms with E-state index in [4.69, 9.17) is 4.74 Å². The number of alkyl halides is 3. The molecule has 6 heteroatoms. The fraction of sp³-hybridized carbons (Fsp3) is 0.167. The van der Waals surface area contributed by atoms with Gasteiger partial charge >= 0.3 is 6.36 Å². The zero-order valence-corrected chi connectivity index (χ0v) is 16.5. The van der Waals surface area contributed by atoms with Crippen LogP contribution < -0.4 is 9.47 Å². The van der Waals surface area contributed by atoms with Gasteiger partial charge < -0.3 is 14.0 Å². The summed E-state index contributed by atoms with van der Waals surface area (Å²) in [5.41, 5.74) is 3.90. The van der Waals surface area contributed by atoms with Gasteiger partial charge in [-0.3, -0.25) is 0 Å². The summed E-state index contributed by atoms with van der Waals surface area (Å²) < 4.78 is 50.8. The Morgan fingerprint density at radius 3 is 2.40 bits per heavy atom. The predicted octanol–water partition coefficient (Wildman–Crippen LogP) is 6.57. The first-order valence-corrected chi connectivity index (χ1v) is 9.42. The van der Waals surface area contributed by atoms with E-state index < -0.39 is 6.36 Å². The fourth-order valence-corrected chi connectivity index (χ4v) is 3.68. The van der Waals surface area contributed by atoms with Crippen molar-refractivity contribution in [3.8, 4) is 22.6 Å². The molecule has 0 saturated carbocycles. The van der Waals surface area contributed by atoms with E-state index in [0.29, 0.717) is 11.3 Å². The number of hydrogen-bond donors (Lipinski definition) is 0. The van der Waals surface area contributed by atoms with E-state index in [1.165, 1.54) is 6.07 Å². The number of benzene rings is 3. The Hall–Kier alpha value is -3.41. The molecule has 0 aliphatic heterocycles. The van der Waals surface area contributed by atoms with Gasteiger partial charge in [0.2, 0.25) is 0 Å². The van der Waals surface area contributed by atoms with Gasteiger partial charge in [0.1, 0.15) is 11.5 Å². The Bertz CT molecular complexity index is 1180. The molecular weight excluding hydrogens is 391 g/mol. The summed E-state index contributed by atoms with van der Waals surface area (Å²) in [4.78, 5) is 0. The lowest BCUT2D eigenvalue weighted by Gasteiger charge is -2.19. The van der Waals surface area contributed by atoms with Crippen LogP contribution in [0.3, 0.4) is 0 Å². The normalized spacial score (nSPS) is 11.6. The maximum absolute atomic E-state index is 13.1. The monoisotopic (exact) mass is 411 g/mol. The molecule has 0 aliphatic carbocycles. The summed E-state index contributed by atoms with van der Waals surface area (Å²) in [6.07, 6.45) is -2.91. The molecule has 0 spiro atoms. The third-order valence-electron chi connectivity index (χ3n) is 5.18. The van der Waals surface area contributed by atoms with Crippen molar-refractivity contribution < 1.29 is 22.6 Å². The molecular formula is C24H20F3NO2. The van der Waals surface area contributed by atoms with Crippen molar-refractivity contribution in [3.05, 3.63) is 84.1 Å². The third-order valence-corrected chi connectivity index (χ3v) is 5.18. The summed E-state index contributed by atoms with van der Waals surface area (Å²) >= 11 is 0. The number of fused-ring (bicyclic) bond motifs is 1. The number of rotatable bonds is 5. The Balaban J connectivity index is 1.84. The van der Waals surface area contributed by atoms with Crippen LogP contribution in [-0.2, 0) is 6.54 Å². The van der Waals surface area contributed by atoms with Gasteiger partial charge in [-0.2, -0.15) is 0 Å². The lowest BCUT2D eigenvalue weighted by atomic mass is 9.95. The number of nitrogens with zero attached hydrogens (tertiary/aromatic N) is 1. The van der Waals surface area contributed by atoms with Gasteiger partial charge in [0.15, 0.2) is 0 Å². The largest absolute Gasteiger partial charge is 0.573 e. The molecule has 0 saturated heterocycles. The average Bonchev–Trinajstić information content (AvgIpc) is 3.12. The molecule has 3 aromatic carbocycles. The molecule has 0 N–H and O–H groups in total. The highest BCUT2D eigenvalue weighted by atomic mass is 19.4. The molecule has 0 bridgehead atoms. The summed E-state index contributed by atoms with van der Waals surface area (Å²) in [5.74, 6) is 0.494. The van der Waals surface area contributed by atoms with E-state index in [2.05, 4.69) is 4.74 Å². The molecule has 0 amide bonds.